The molecule has 1 aromatic carbocycles. The van der Waals surface area contributed by atoms with E-state index in [9.17, 15) is 4.39 Å². The van der Waals surface area contributed by atoms with Gasteiger partial charge in [-0.25, -0.2) is 4.39 Å². The smallest absolute Gasteiger partial charge is 0.137 e. The molecule has 4 heteroatoms. The number of nitrogens with one attached hydrogen (secondary N) is 1. The SMILES string of the molecule is CC(C)CC1CNC(C)(C)CN1Cc1cccc(F)c1Br. The van der Waals surface area contributed by atoms with Crippen molar-refractivity contribution in [2.75, 3.05) is 13.1 Å². The molecule has 2 rings (SSSR count). The van der Waals surface area contributed by atoms with E-state index < -0.39 is 0 Å². The molecule has 21 heavy (non-hydrogen) atoms. The van der Waals surface area contributed by atoms with Gasteiger partial charge in [0.2, 0.25) is 0 Å². The van der Waals surface area contributed by atoms with Crippen molar-refractivity contribution in [2.45, 2.75) is 52.2 Å². The molecular formula is C17H26BrFN2. The molecule has 1 aromatic rings. The summed E-state index contributed by atoms with van der Waals surface area (Å²) in [6.45, 7) is 11.7. The van der Waals surface area contributed by atoms with Crippen LogP contribution in [-0.2, 0) is 6.54 Å². The number of benzene rings is 1. The lowest BCUT2D eigenvalue weighted by Gasteiger charge is -2.45. The number of halogens is 2. The Balaban J connectivity index is 2.17. The van der Waals surface area contributed by atoms with Crippen LogP contribution in [0.3, 0.4) is 0 Å². The zero-order valence-electron chi connectivity index (χ0n) is 13.4. The fourth-order valence-electron chi connectivity index (χ4n) is 3.07. The summed E-state index contributed by atoms with van der Waals surface area (Å²) in [5.74, 6) is 0.485. The first-order valence-electron chi connectivity index (χ1n) is 7.70. The first-order chi connectivity index (χ1) is 9.78. The minimum atomic E-state index is -0.178. The van der Waals surface area contributed by atoms with Crippen molar-refractivity contribution in [3.8, 4) is 0 Å². The topological polar surface area (TPSA) is 15.3 Å². The van der Waals surface area contributed by atoms with E-state index in [1.165, 1.54) is 6.07 Å². The molecule has 0 saturated carbocycles. The molecule has 2 nitrogen and oxygen atoms in total. The van der Waals surface area contributed by atoms with E-state index in [2.05, 4.69) is 53.8 Å². The molecule has 1 heterocycles. The molecule has 0 amide bonds. The summed E-state index contributed by atoms with van der Waals surface area (Å²) < 4.78 is 14.3. The highest BCUT2D eigenvalue weighted by Gasteiger charge is 2.32. The predicted octanol–water partition coefficient (Wildman–Crippen LogP) is 4.19. The highest BCUT2D eigenvalue weighted by molar-refractivity contribution is 9.10. The van der Waals surface area contributed by atoms with Crippen LogP contribution in [-0.4, -0.2) is 29.6 Å². The Kier molecular flexibility index (Phi) is 5.44. The van der Waals surface area contributed by atoms with E-state index >= 15 is 0 Å². The van der Waals surface area contributed by atoms with Crippen LogP contribution >= 0.6 is 15.9 Å². The third-order valence-corrected chi connectivity index (χ3v) is 4.97. The van der Waals surface area contributed by atoms with Gasteiger partial charge in [0.05, 0.1) is 4.47 Å². The molecule has 0 bridgehead atoms. The quantitative estimate of drug-likeness (QED) is 0.869. The van der Waals surface area contributed by atoms with Crippen molar-refractivity contribution in [1.29, 1.82) is 0 Å². The summed E-state index contributed by atoms with van der Waals surface area (Å²) in [5.41, 5.74) is 1.13. The lowest BCUT2D eigenvalue weighted by molar-refractivity contribution is 0.0757. The van der Waals surface area contributed by atoms with E-state index in [4.69, 9.17) is 0 Å². The van der Waals surface area contributed by atoms with Crippen molar-refractivity contribution < 1.29 is 4.39 Å². The van der Waals surface area contributed by atoms with Crippen molar-refractivity contribution in [1.82, 2.24) is 10.2 Å². The van der Waals surface area contributed by atoms with Gasteiger partial charge < -0.3 is 5.32 Å². The van der Waals surface area contributed by atoms with Crippen LogP contribution in [0.15, 0.2) is 22.7 Å². The van der Waals surface area contributed by atoms with Crippen molar-refractivity contribution in [3.05, 3.63) is 34.1 Å². The molecule has 0 radical (unpaired) electrons. The van der Waals surface area contributed by atoms with Crippen LogP contribution in [0.25, 0.3) is 0 Å². The standard InChI is InChI=1S/C17H26BrFN2/c1-12(2)8-14-9-20-17(3,4)11-21(14)10-13-6-5-7-15(19)16(13)18/h5-7,12,14,20H,8-11H2,1-4H3. The zero-order valence-corrected chi connectivity index (χ0v) is 15.0. The van der Waals surface area contributed by atoms with Crippen molar-refractivity contribution >= 4 is 15.9 Å². The second-order valence-electron chi connectivity index (χ2n) is 7.17. The molecule has 1 N–H and O–H groups in total. The van der Waals surface area contributed by atoms with Gasteiger partial charge in [0, 0.05) is 31.2 Å². The molecule has 1 saturated heterocycles. The van der Waals surface area contributed by atoms with E-state index in [-0.39, 0.29) is 11.4 Å². The van der Waals surface area contributed by atoms with E-state index in [0.29, 0.717) is 16.4 Å². The summed E-state index contributed by atoms with van der Waals surface area (Å²) in [7, 11) is 0. The summed E-state index contributed by atoms with van der Waals surface area (Å²) in [5, 5.41) is 3.63. The fourth-order valence-corrected chi connectivity index (χ4v) is 3.46. The van der Waals surface area contributed by atoms with Crippen molar-refractivity contribution in [3.63, 3.8) is 0 Å². The summed E-state index contributed by atoms with van der Waals surface area (Å²) >= 11 is 3.39. The number of piperazine rings is 1. The molecular weight excluding hydrogens is 331 g/mol. The third-order valence-electron chi connectivity index (χ3n) is 4.08. The lowest BCUT2D eigenvalue weighted by atomic mass is 9.93. The summed E-state index contributed by atoms with van der Waals surface area (Å²) in [4.78, 5) is 2.50. The van der Waals surface area contributed by atoms with E-state index in [0.717, 1.165) is 31.6 Å². The number of nitrogens with zero attached hydrogens (tertiary/aromatic N) is 1. The maximum Gasteiger partial charge on any atom is 0.137 e. The second kappa shape index (κ2) is 6.76. The van der Waals surface area contributed by atoms with Crippen LogP contribution in [0, 0.1) is 11.7 Å². The highest BCUT2D eigenvalue weighted by Crippen LogP contribution is 2.26. The lowest BCUT2D eigenvalue weighted by Crippen LogP contribution is -2.61. The van der Waals surface area contributed by atoms with E-state index in [1.54, 1.807) is 6.07 Å². The first-order valence-corrected chi connectivity index (χ1v) is 8.50. The van der Waals surface area contributed by atoms with Crippen LogP contribution < -0.4 is 5.32 Å². The van der Waals surface area contributed by atoms with E-state index in [1.807, 2.05) is 6.07 Å². The zero-order chi connectivity index (χ0) is 15.6. The van der Waals surface area contributed by atoms with Gasteiger partial charge in [-0.1, -0.05) is 26.0 Å². The predicted molar refractivity (Wildman–Crippen MR) is 89.8 cm³/mol. The molecule has 1 aliphatic rings. The Morgan fingerprint density at radius 3 is 2.81 bits per heavy atom. The molecule has 1 unspecified atom stereocenters. The van der Waals surface area contributed by atoms with Crippen LogP contribution in [0.5, 0.6) is 0 Å². The summed E-state index contributed by atoms with van der Waals surface area (Å²) in [6.07, 6.45) is 1.16. The highest BCUT2D eigenvalue weighted by atomic mass is 79.9. The second-order valence-corrected chi connectivity index (χ2v) is 7.96. The average molecular weight is 357 g/mol. The minimum Gasteiger partial charge on any atom is -0.309 e. The fraction of sp³-hybridized carbons (Fsp3) is 0.647. The molecule has 118 valence electrons. The first kappa shape index (κ1) is 16.9. The van der Waals surface area contributed by atoms with Crippen LogP contribution in [0.4, 0.5) is 4.39 Å². The number of hydrogen-bond acceptors (Lipinski definition) is 2. The minimum absolute atomic E-state index is 0.104. The molecule has 0 spiro atoms. The van der Waals surface area contributed by atoms with Crippen LogP contribution in [0.1, 0.15) is 39.7 Å². The molecule has 1 atom stereocenters. The van der Waals surface area contributed by atoms with Gasteiger partial charge >= 0.3 is 0 Å². The van der Waals surface area contributed by atoms with Gasteiger partial charge in [0.25, 0.3) is 0 Å². The molecule has 1 aliphatic heterocycles. The molecule has 0 aromatic heterocycles. The Labute approximate surface area is 136 Å². The van der Waals surface area contributed by atoms with Crippen molar-refractivity contribution in [2.24, 2.45) is 5.92 Å². The van der Waals surface area contributed by atoms with Gasteiger partial charge in [0.1, 0.15) is 5.82 Å². The van der Waals surface area contributed by atoms with Gasteiger partial charge in [-0.15, -0.1) is 0 Å². The maximum absolute atomic E-state index is 13.7. The Hall–Kier alpha value is -0.450. The largest absolute Gasteiger partial charge is 0.309 e. The number of hydrogen-bond donors (Lipinski definition) is 1. The number of rotatable bonds is 4. The normalized spacial score (nSPS) is 22.7. The van der Waals surface area contributed by atoms with Gasteiger partial charge in [-0.05, 0) is 53.7 Å². The third kappa shape index (κ3) is 4.51. The Morgan fingerprint density at radius 1 is 1.43 bits per heavy atom. The van der Waals surface area contributed by atoms with Gasteiger partial charge in [0.15, 0.2) is 0 Å². The monoisotopic (exact) mass is 356 g/mol. The van der Waals surface area contributed by atoms with Gasteiger partial charge in [-0.2, -0.15) is 0 Å². The molecule has 1 fully saturated rings. The van der Waals surface area contributed by atoms with Gasteiger partial charge in [-0.3, -0.25) is 4.90 Å². The Bertz CT molecular complexity index is 488. The summed E-state index contributed by atoms with van der Waals surface area (Å²) in [6, 6.07) is 5.81. The Morgan fingerprint density at radius 2 is 2.14 bits per heavy atom. The van der Waals surface area contributed by atoms with Crippen LogP contribution in [0.2, 0.25) is 0 Å². The maximum atomic E-state index is 13.7. The molecule has 0 aliphatic carbocycles. The average Bonchev–Trinajstić information content (AvgIpc) is 2.37.